The average molecular weight is 399 g/mol. The van der Waals surface area contributed by atoms with Gasteiger partial charge in [0, 0.05) is 11.2 Å². The van der Waals surface area contributed by atoms with Crippen LogP contribution in [0.4, 0.5) is 5.69 Å². The van der Waals surface area contributed by atoms with E-state index in [1.165, 1.54) is 19.4 Å². The molecule has 0 bridgehead atoms. The quantitative estimate of drug-likeness (QED) is 0.687. The van der Waals surface area contributed by atoms with Crippen LogP contribution in [0.1, 0.15) is 21.5 Å². The second-order valence-electron chi connectivity index (χ2n) is 6.11. The Balaban J connectivity index is 1.79. The van der Waals surface area contributed by atoms with Crippen LogP contribution in [0.5, 0.6) is 5.75 Å². The molecule has 0 atom stereocenters. The van der Waals surface area contributed by atoms with Crippen molar-refractivity contribution in [1.29, 1.82) is 0 Å². The fraction of sp³-hybridized carbons (Fsp3) is 0.143. The summed E-state index contributed by atoms with van der Waals surface area (Å²) in [5.41, 5.74) is 1.64. The first-order valence-electron chi connectivity index (χ1n) is 8.53. The minimum absolute atomic E-state index is 0.0443. The minimum Gasteiger partial charge on any atom is -0.495 e. The summed E-state index contributed by atoms with van der Waals surface area (Å²) in [4.78, 5) is 30.8. The van der Waals surface area contributed by atoms with Gasteiger partial charge in [0.15, 0.2) is 0 Å². The van der Waals surface area contributed by atoms with Crippen molar-refractivity contribution in [3.63, 3.8) is 0 Å². The molecule has 1 N–H and O–H groups in total. The van der Waals surface area contributed by atoms with Gasteiger partial charge < -0.3 is 14.9 Å². The third-order valence-corrected chi connectivity index (χ3v) is 4.26. The molecule has 0 aliphatic rings. The lowest BCUT2D eigenvalue weighted by molar-refractivity contribution is 0.0863. The maximum absolute atomic E-state index is 12.6. The summed E-state index contributed by atoms with van der Waals surface area (Å²) in [5.74, 6) is -0.0398. The van der Waals surface area contributed by atoms with E-state index in [2.05, 4.69) is 5.32 Å². The highest BCUT2D eigenvalue weighted by Crippen LogP contribution is 2.25. The third-order valence-electron chi connectivity index (χ3n) is 4.02. The number of hydrogen-bond donors (Lipinski definition) is 1. The molecule has 1 amide bonds. The molecule has 0 radical (unpaired) electrons. The first-order valence-corrected chi connectivity index (χ1v) is 8.91. The number of halogens is 1. The van der Waals surface area contributed by atoms with E-state index in [-0.39, 0.29) is 12.2 Å². The van der Waals surface area contributed by atoms with E-state index in [1.54, 1.807) is 36.4 Å². The number of nitrogens with one attached hydrogen (secondary N) is 1. The van der Waals surface area contributed by atoms with Crippen molar-refractivity contribution >= 4 is 23.2 Å². The number of pyridine rings is 1. The highest BCUT2D eigenvalue weighted by Gasteiger charge is 2.15. The second kappa shape index (κ2) is 8.63. The first-order chi connectivity index (χ1) is 13.5. The molecular weight excluding hydrogens is 380 g/mol. The van der Waals surface area contributed by atoms with Crippen molar-refractivity contribution < 1.29 is 14.4 Å². The predicted octanol–water partition coefficient (Wildman–Crippen LogP) is 3.70. The fourth-order valence-corrected chi connectivity index (χ4v) is 2.84. The van der Waals surface area contributed by atoms with Crippen molar-refractivity contribution in [2.24, 2.45) is 0 Å². The maximum atomic E-state index is 12.6. The van der Waals surface area contributed by atoms with Gasteiger partial charge in [-0.05, 0) is 54.4 Å². The number of nitrogens with zero attached hydrogens (tertiary/aromatic N) is 1. The van der Waals surface area contributed by atoms with E-state index in [0.29, 0.717) is 16.5 Å². The zero-order valence-electron chi connectivity index (χ0n) is 15.4. The van der Waals surface area contributed by atoms with Gasteiger partial charge in [0.05, 0.1) is 12.8 Å². The summed E-state index contributed by atoms with van der Waals surface area (Å²) < 4.78 is 6.29. The van der Waals surface area contributed by atoms with Gasteiger partial charge >= 0.3 is 0 Å². The zero-order chi connectivity index (χ0) is 20.1. The second-order valence-corrected chi connectivity index (χ2v) is 6.55. The standard InChI is InChI=1S/C21H19ClN2O4/c1-14-8-9-19(27-2)18(11-14)23-20(25)17-7-4-10-24(21(17)26)28-13-15-5-3-6-16(22)12-15/h3-12H,13H2,1-2H3,(H,23,25). The van der Waals surface area contributed by atoms with Crippen LogP contribution in [0, 0.1) is 6.92 Å². The smallest absolute Gasteiger partial charge is 0.295 e. The number of aromatic nitrogens is 1. The van der Waals surface area contributed by atoms with Gasteiger partial charge in [0.1, 0.15) is 17.9 Å². The molecule has 1 aromatic heterocycles. The van der Waals surface area contributed by atoms with Crippen molar-refractivity contribution in [2.45, 2.75) is 13.5 Å². The van der Waals surface area contributed by atoms with Crippen LogP contribution in [0.15, 0.2) is 65.6 Å². The lowest BCUT2D eigenvalue weighted by Gasteiger charge is -2.12. The van der Waals surface area contributed by atoms with Crippen LogP contribution >= 0.6 is 11.6 Å². The van der Waals surface area contributed by atoms with Gasteiger partial charge in [-0.15, -0.1) is 0 Å². The topological polar surface area (TPSA) is 69.6 Å². The number of amides is 1. The average Bonchev–Trinajstić information content (AvgIpc) is 2.67. The summed E-state index contributed by atoms with van der Waals surface area (Å²) in [6, 6.07) is 15.5. The number of carbonyl (C=O) groups excluding carboxylic acids is 1. The lowest BCUT2D eigenvalue weighted by Crippen LogP contribution is -2.32. The molecule has 0 fully saturated rings. The Morgan fingerprint density at radius 3 is 2.71 bits per heavy atom. The third kappa shape index (κ3) is 4.53. The Kier molecular flexibility index (Phi) is 6.01. The van der Waals surface area contributed by atoms with E-state index in [0.717, 1.165) is 15.9 Å². The zero-order valence-corrected chi connectivity index (χ0v) is 16.2. The number of benzene rings is 2. The van der Waals surface area contributed by atoms with Gasteiger partial charge in [-0.2, -0.15) is 4.73 Å². The molecule has 2 aromatic carbocycles. The number of methoxy groups -OCH3 is 1. The summed E-state index contributed by atoms with van der Waals surface area (Å²) in [7, 11) is 1.51. The molecule has 7 heteroatoms. The van der Waals surface area contributed by atoms with E-state index in [1.807, 2.05) is 19.1 Å². The van der Waals surface area contributed by atoms with Crippen molar-refractivity contribution in [2.75, 3.05) is 12.4 Å². The summed E-state index contributed by atoms with van der Waals surface area (Å²) in [6.07, 6.45) is 1.46. The molecule has 0 unspecified atom stereocenters. The van der Waals surface area contributed by atoms with Gasteiger partial charge in [-0.3, -0.25) is 9.59 Å². The van der Waals surface area contributed by atoms with Crippen LogP contribution < -0.4 is 20.5 Å². The van der Waals surface area contributed by atoms with E-state index >= 15 is 0 Å². The molecule has 1 heterocycles. The van der Waals surface area contributed by atoms with Crippen LogP contribution in [-0.2, 0) is 6.61 Å². The number of hydrogen-bond acceptors (Lipinski definition) is 4. The normalized spacial score (nSPS) is 10.4. The first kappa shape index (κ1) is 19.5. The Morgan fingerprint density at radius 2 is 1.96 bits per heavy atom. The Bertz CT molecular complexity index is 1060. The molecule has 0 saturated carbocycles. The lowest BCUT2D eigenvalue weighted by atomic mass is 10.2. The van der Waals surface area contributed by atoms with E-state index in [9.17, 15) is 9.59 Å². The monoisotopic (exact) mass is 398 g/mol. The van der Waals surface area contributed by atoms with Gasteiger partial charge in [0.2, 0.25) is 0 Å². The molecule has 3 aromatic rings. The number of carbonyl (C=O) groups is 1. The van der Waals surface area contributed by atoms with Crippen molar-refractivity contribution in [1.82, 2.24) is 4.73 Å². The molecule has 0 spiro atoms. The number of ether oxygens (including phenoxy) is 1. The van der Waals surface area contributed by atoms with Gasteiger partial charge in [-0.25, -0.2) is 0 Å². The highest BCUT2D eigenvalue weighted by molar-refractivity contribution is 6.30. The Hall–Kier alpha value is -3.25. The van der Waals surface area contributed by atoms with Crippen LogP contribution in [0.2, 0.25) is 5.02 Å². The Labute approximate surface area is 167 Å². The fourth-order valence-electron chi connectivity index (χ4n) is 2.63. The SMILES string of the molecule is COc1ccc(C)cc1NC(=O)c1cccn(OCc2cccc(Cl)c2)c1=O. The van der Waals surface area contributed by atoms with Crippen LogP contribution in [0.3, 0.4) is 0 Å². The number of rotatable bonds is 6. The van der Waals surface area contributed by atoms with Crippen molar-refractivity contribution in [3.05, 3.63) is 92.9 Å². The summed E-state index contributed by atoms with van der Waals surface area (Å²) in [6.45, 7) is 2.03. The van der Waals surface area contributed by atoms with Crippen LogP contribution in [-0.4, -0.2) is 17.7 Å². The molecule has 28 heavy (non-hydrogen) atoms. The molecule has 144 valence electrons. The minimum atomic E-state index is -0.561. The van der Waals surface area contributed by atoms with E-state index < -0.39 is 11.5 Å². The molecular formula is C21H19ClN2O4. The van der Waals surface area contributed by atoms with Gasteiger partial charge in [0.25, 0.3) is 11.5 Å². The van der Waals surface area contributed by atoms with E-state index in [4.69, 9.17) is 21.2 Å². The van der Waals surface area contributed by atoms with Gasteiger partial charge in [-0.1, -0.05) is 29.8 Å². The molecule has 0 saturated heterocycles. The Morgan fingerprint density at radius 1 is 1.14 bits per heavy atom. The highest BCUT2D eigenvalue weighted by atomic mass is 35.5. The molecule has 0 aliphatic heterocycles. The summed E-state index contributed by atoms with van der Waals surface area (Å²) in [5, 5.41) is 3.30. The molecule has 3 rings (SSSR count). The van der Waals surface area contributed by atoms with Crippen molar-refractivity contribution in [3.8, 4) is 5.75 Å². The number of anilines is 1. The molecule has 0 aliphatic carbocycles. The summed E-state index contributed by atoms with van der Waals surface area (Å²) >= 11 is 5.95. The number of aryl methyl sites for hydroxylation is 1. The predicted molar refractivity (Wildman–Crippen MR) is 108 cm³/mol. The van der Waals surface area contributed by atoms with Crippen LogP contribution in [0.25, 0.3) is 0 Å². The maximum Gasteiger partial charge on any atom is 0.295 e. The molecule has 6 nitrogen and oxygen atoms in total. The largest absolute Gasteiger partial charge is 0.495 e.